The van der Waals surface area contributed by atoms with Gasteiger partial charge in [0.1, 0.15) is 0 Å². The van der Waals surface area contributed by atoms with Crippen molar-refractivity contribution in [2.75, 3.05) is 26.3 Å². The summed E-state index contributed by atoms with van der Waals surface area (Å²) in [4.78, 5) is 12.6. The molecule has 1 amide bonds. The number of ether oxygens (including phenoxy) is 1. The van der Waals surface area contributed by atoms with E-state index in [1.807, 2.05) is 30.3 Å². The third-order valence-corrected chi connectivity index (χ3v) is 6.67. The van der Waals surface area contributed by atoms with Crippen LogP contribution in [0.1, 0.15) is 15.9 Å². The Morgan fingerprint density at radius 3 is 2.50 bits per heavy atom. The molecule has 8 heteroatoms. The van der Waals surface area contributed by atoms with Crippen molar-refractivity contribution in [3.8, 4) is 0 Å². The highest BCUT2D eigenvalue weighted by Crippen LogP contribution is 2.24. The molecule has 1 heterocycles. The second-order valence-electron chi connectivity index (χ2n) is 5.83. The van der Waals surface area contributed by atoms with Gasteiger partial charge in [0.15, 0.2) is 0 Å². The minimum absolute atomic E-state index is 0.104. The van der Waals surface area contributed by atoms with Crippen molar-refractivity contribution in [2.45, 2.75) is 11.4 Å². The van der Waals surface area contributed by atoms with Gasteiger partial charge in [-0.25, -0.2) is 8.42 Å². The first-order valence-electron chi connectivity index (χ1n) is 8.18. The Kier molecular flexibility index (Phi) is 6.08. The number of benzene rings is 2. The van der Waals surface area contributed by atoms with Gasteiger partial charge in [0.2, 0.25) is 10.0 Å². The first kappa shape index (κ1) is 19.0. The summed E-state index contributed by atoms with van der Waals surface area (Å²) >= 11 is 3.33. The fraction of sp³-hybridized carbons (Fsp3) is 0.278. The molecule has 1 aliphatic rings. The van der Waals surface area contributed by atoms with Crippen molar-refractivity contribution < 1.29 is 17.9 Å². The zero-order valence-corrected chi connectivity index (χ0v) is 16.4. The summed E-state index contributed by atoms with van der Waals surface area (Å²) < 4.78 is 32.7. The van der Waals surface area contributed by atoms with Crippen LogP contribution in [0.2, 0.25) is 0 Å². The second-order valence-corrected chi connectivity index (χ2v) is 8.62. The molecular formula is C18H19BrN2O4S. The summed E-state index contributed by atoms with van der Waals surface area (Å²) in [7, 11) is -3.65. The van der Waals surface area contributed by atoms with Gasteiger partial charge in [0.25, 0.3) is 5.91 Å². The highest BCUT2D eigenvalue weighted by atomic mass is 79.9. The molecule has 0 spiro atoms. The van der Waals surface area contributed by atoms with Gasteiger partial charge < -0.3 is 10.1 Å². The second kappa shape index (κ2) is 8.30. The fourth-order valence-electron chi connectivity index (χ4n) is 2.65. The molecule has 0 atom stereocenters. The van der Waals surface area contributed by atoms with Crippen molar-refractivity contribution in [3.63, 3.8) is 0 Å². The molecule has 0 saturated carbocycles. The van der Waals surface area contributed by atoms with E-state index in [0.29, 0.717) is 37.3 Å². The van der Waals surface area contributed by atoms with E-state index in [-0.39, 0.29) is 16.4 Å². The van der Waals surface area contributed by atoms with Crippen LogP contribution in [0.4, 0.5) is 0 Å². The van der Waals surface area contributed by atoms with E-state index < -0.39 is 10.0 Å². The average Bonchev–Trinajstić information content (AvgIpc) is 2.68. The van der Waals surface area contributed by atoms with E-state index in [1.54, 1.807) is 6.07 Å². The Hall–Kier alpha value is -1.74. The maximum absolute atomic E-state index is 12.8. The molecule has 138 valence electrons. The summed E-state index contributed by atoms with van der Waals surface area (Å²) in [6, 6.07) is 14.0. The Morgan fingerprint density at radius 2 is 1.81 bits per heavy atom. The smallest absolute Gasteiger partial charge is 0.252 e. The van der Waals surface area contributed by atoms with Gasteiger partial charge >= 0.3 is 0 Å². The van der Waals surface area contributed by atoms with Crippen LogP contribution >= 0.6 is 15.9 Å². The van der Waals surface area contributed by atoms with Gasteiger partial charge in [-0.3, -0.25) is 4.79 Å². The van der Waals surface area contributed by atoms with Crippen molar-refractivity contribution in [1.29, 1.82) is 0 Å². The molecule has 3 rings (SSSR count). The number of rotatable bonds is 5. The molecule has 1 fully saturated rings. The minimum Gasteiger partial charge on any atom is -0.379 e. The molecule has 1 aliphatic heterocycles. The number of hydrogen-bond acceptors (Lipinski definition) is 4. The van der Waals surface area contributed by atoms with E-state index >= 15 is 0 Å². The minimum atomic E-state index is -3.65. The Bertz CT molecular complexity index is 881. The van der Waals surface area contributed by atoms with Crippen molar-refractivity contribution in [2.24, 2.45) is 0 Å². The largest absolute Gasteiger partial charge is 0.379 e. The lowest BCUT2D eigenvalue weighted by Crippen LogP contribution is -2.40. The van der Waals surface area contributed by atoms with E-state index in [0.717, 1.165) is 5.56 Å². The van der Waals surface area contributed by atoms with Crippen molar-refractivity contribution in [3.05, 3.63) is 64.1 Å². The first-order chi connectivity index (χ1) is 12.5. The summed E-state index contributed by atoms with van der Waals surface area (Å²) in [6.45, 7) is 1.74. The lowest BCUT2D eigenvalue weighted by Gasteiger charge is -2.26. The maximum Gasteiger partial charge on any atom is 0.252 e. The zero-order valence-electron chi connectivity index (χ0n) is 14.0. The van der Waals surface area contributed by atoms with Crippen LogP contribution in [0.15, 0.2) is 57.9 Å². The summed E-state index contributed by atoms with van der Waals surface area (Å²) in [5, 5.41) is 2.82. The van der Waals surface area contributed by atoms with Gasteiger partial charge in [0.05, 0.1) is 23.7 Å². The number of carbonyl (C=O) groups is 1. The molecule has 0 aromatic heterocycles. The van der Waals surface area contributed by atoms with Crippen LogP contribution in [0, 0.1) is 0 Å². The van der Waals surface area contributed by atoms with Gasteiger partial charge in [-0.15, -0.1) is 0 Å². The van der Waals surface area contributed by atoms with Crippen LogP contribution < -0.4 is 5.32 Å². The van der Waals surface area contributed by atoms with Crippen molar-refractivity contribution >= 4 is 31.9 Å². The molecule has 0 unspecified atom stereocenters. The molecule has 0 aliphatic carbocycles. The molecule has 6 nitrogen and oxygen atoms in total. The van der Waals surface area contributed by atoms with E-state index in [9.17, 15) is 13.2 Å². The molecule has 1 N–H and O–H groups in total. The van der Waals surface area contributed by atoms with Gasteiger partial charge in [-0.1, -0.05) is 30.3 Å². The SMILES string of the molecule is O=C(NCc1ccccc1)c1cc(S(=O)(=O)N2CCOCC2)ccc1Br. The molecule has 0 bridgehead atoms. The number of sulfonamides is 1. The van der Waals surface area contributed by atoms with Gasteiger partial charge in [0, 0.05) is 24.1 Å². The molecule has 0 radical (unpaired) electrons. The molecule has 26 heavy (non-hydrogen) atoms. The number of nitrogens with one attached hydrogen (secondary N) is 1. The average molecular weight is 439 g/mol. The first-order valence-corrected chi connectivity index (χ1v) is 10.4. The molecule has 2 aromatic rings. The van der Waals surface area contributed by atoms with E-state index in [2.05, 4.69) is 21.2 Å². The van der Waals surface area contributed by atoms with Gasteiger partial charge in [-0.2, -0.15) is 4.31 Å². The summed E-state index contributed by atoms with van der Waals surface area (Å²) in [5.74, 6) is -0.334. The standard InChI is InChI=1S/C18H19BrN2O4S/c19-17-7-6-15(26(23,24)21-8-10-25-11-9-21)12-16(17)18(22)20-13-14-4-2-1-3-5-14/h1-7,12H,8-11,13H2,(H,20,22). The number of amides is 1. The number of halogens is 1. The number of hydrogen-bond donors (Lipinski definition) is 1. The highest BCUT2D eigenvalue weighted by molar-refractivity contribution is 9.10. The van der Waals surface area contributed by atoms with Crippen LogP contribution in [0.3, 0.4) is 0 Å². The molecule has 2 aromatic carbocycles. The predicted octanol–water partition coefficient (Wildman–Crippen LogP) is 2.40. The monoisotopic (exact) mass is 438 g/mol. The topological polar surface area (TPSA) is 75.7 Å². The van der Waals surface area contributed by atoms with E-state index in [1.165, 1.54) is 16.4 Å². The Labute approximate surface area is 161 Å². The Balaban J connectivity index is 1.79. The van der Waals surface area contributed by atoms with Crippen LogP contribution in [0.5, 0.6) is 0 Å². The quantitative estimate of drug-likeness (QED) is 0.777. The summed E-state index contributed by atoms with van der Waals surface area (Å²) in [5.41, 5.74) is 1.25. The number of carbonyl (C=O) groups excluding carboxylic acids is 1. The van der Waals surface area contributed by atoms with E-state index in [4.69, 9.17) is 4.74 Å². The Morgan fingerprint density at radius 1 is 1.12 bits per heavy atom. The van der Waals surface area contributed by atoms with Crippen LogP contribution in [-0.4, -0.2) is 44.9 Å². The number of nitrogens with zero attached hydrogens (tertiary/aromatic N) is 1. The highest BCUT2D eigenvalue weighted by Gasteiger charge is 2.27. The lowest BCUT2D eigenvalue weighted by molar-refractivity contribution is 0.0730. The fourth-order valence-corrected chi connectivity index (χ4v) is 4.51. The van der Waals surface area contributed by atoms with Crippen LogP contribution in [-0.2, 0) is 21.3 Å². The molecular weight excluding hydrogens is 420 g/mol. The van der Waals surface area contributed by atoms with Crippen molar-refractivity contribution in [1.82, 2.24) is 9.62 Å². The predicted molar refractivity (Wildman–Crippen MR) is 101 cm³/mol. The molecule has 1 saturated heterocycles. The number of morpholine rings is 1. The normalized spacial score (nSPS) is 15.6. The third kappa shape index (κ3) is 4.32. The lowest BCUT2D eigenvalue weighted by atomic mass is 10.2. The van der Waals surface area contributed by atoms with Gasteiger partial charge in [-0.05, 0) is 39.7 Å². The maximum atomic E-state index is 12.8. The van der Waals surface area contributed by atoms with Crippen LogP contribution in [0.25, 0.3) is 0 Å². The third-order valence-electron chi connectivity index (χ3n) is 4.09. The summed E-state index contributed by atoms with van der Waals surface area (Å²) in [6.07, 6.45) is 0. The zero-order chi connectivity index (χ0) is 18.6.